The number of hydrogen-bond donors (Lipinski definition) is 2. The molecule has 0 bridgehead atoms. The molecule has 0 atom stereocenters. The highest BCUT2D eigenvalue weighted by Crippen LogP contribution is 2.21. The van der Waals surface area contributed by atoms with Crippen molar-refractivity contribution in [2.45, 2.75) is 25.8 Å². The van der Waals surface area contributed by atoms with E-state index >= 15 is 0 Å². The highest BCUT2D eigenvalue weighted by Gasteiger charge is 2.21. The van der Waals surface area contributed by atoms with Gasteiger partial charge in [-0.1, -0.05) is 18.2 Å². The van der Waals surface area contributed by atoms with Crippen LogP contribution in [0.5, 0.6) is 0 Å². The van der Waals surface area contributed by atoms with Crippen LogP contribution in [-0.4, -0.2) is 32.0 Å². The highest BCUT2D eigenvalue weighted by atomic mass is 19.1. The number of benzene rings is 2. The molecule has 0 aliphatic carbocycles. The molecule has 3 rings (SSSR count). The van der Waals surface area contributed by atoms with Crippen LogP contribution in [-0.2, 0) is 17.8 Å². The summed E-state index contributed by atoms with van der Waals surface area (Å²) in [5.74, 6) is -0.345. The summed E-state index contributed by atoms with van der Waals surface area (Å²) in [6.45, 7) is 1.82. The van der Waals surface area contributed by atoms with Crippen molar-refractivity contribution >= 4 is 17.6 Å². The van der Waals surface area contributed by atoms with Gasteiger partial charge in [0.2, 0.25) is 5.91 Å². The highest BCUT2D eigenvalue weighted by molar-refractivity contribution is 5.95. The molecule has 1 amide bonds. The third kappa shape index (κ3) is 5.06. The average molecular weight is 386 g/mol. The number of rotatable bonds is 6. The summed E-state index contributed by atoms with van der Waals surface area (Å²) in [5, 5.41) is 6.32. The molecule has 2 N–H and O–H groups in total. The Morgan fingerprint density at radius 1 is 1.14 bits per heavy atom. The number of guanidine groups is 1. The number of anilines is 1. The van der Waals surface area contributed by atoms with Crippen molar-refractivity contribution in [1.82, 2.24) is 10.6 Å². The van der Waals surface area contributed by atoms with Crippen molar-refractivity contribution in [1.29, 1.82) is 0 Å². The number of carbonyl (C=O) groups excluding carboxylic acids is 1. The van der Waals surface area contributed by atoms with Gasteiger partial charge in [0.25, 0.3) is 0 Å². The number of amides is 1. The summed E-state index contributed by atoms with van der Waals surface area (Å²) >= 11 is 0. The van der Waals surface area contributed by atoms with Crippen molar-refractivity contribution in [3.63, 3.8) is 0 Å². The van der Waals surface area contributed by atoms with E-state index in [0.29, 0.717) is 37.5 Å². The maximum Gasteiger partial charge on any atom is 0.227 e. The van der Waals surface area contributed by atoms with Crippen molar-refractivity contribution in [2.24, 2.45) is 4.99 Å². The van der Waals surface area contributed by atoms with Crippen molar-refractivity contribution < 1.29 is 13.6 Å². The zero-order chi connectivity index (χ0) is 19.9. The van der Waals surface area contributed by atoms with Crippen LogP contribution >= 0.6 is 0 Å². The fourth-order valence-corrected chi connectivity index (χ4v) is 3.16. The second-order valence-electron chi connectivity index (χ2n) is 6.65. The number of carbonyl (C=O) groups is 1. The van der Waals surface area contributed by atoms with Crippen LogP contribution in [0.2, 0.25) is 0 Å². The molecule has 7 heteroatoms. The van der Waals surface area contributed by atoms with Crippen LogP contribution in [0.4, 0.5) is 14.5 Å². The molecule has 0 unspecified atom stereocenters. The molecule has 1 saturated heterocycles. The topological polar surface area (TPSA) is 56.7 Å². The quantitative estimate of drug-likeness (QED) is 0.593. The maximum absolute atomic E-state index is 13.7. The molecule has 2 aromatic rings. The Morgan fingerprint density at radius 2 is 1.93 bits per heavy atom. The zero-order valence-corrected chi connectivity index (χ0v) is 15.8. The molecule has 0 saturated carbocycles. The standard InChI is InChI=1S/C21H24F2N4O/c1-24-21(25-11-10-16-6-7-17(22)13-19(16)23)26-14-15-4-8-18(9-5-15)27-12-2-3-20(27)28/h4-9,13H,2-3,10-12,14H2,1H3,(H2,24,25,26). The summed E-state index contributed by atoms with van der Waals surface area (Å²) in [6, 6.07) is 11.5. The molecule has 0 aromatic heterocycles. The minimum atomic E-state index is -0.577. The summed E-state index contributed by atoms with van der Waals surface area (Å²) in [7, 11) is 1.66. The van der Waals surface area contributed by atoms with Gasteiger partial charge in [-0.2, -0.15) is 0 Å². The van der Waals surface area contributed by atoms with Gasteiger partial charge < -0.3 is 15.5 Å². The molecule has 1 aliphatic rings. The van der Waals surface area contributed by atoms with Crippen molar-refractivity contribution in [3.8, 4) is 0 Å². The third-order valence-electron chi connectivity index (χ3n) is 4.71. The molecule has 0 spiro atoms. The Morgan fingerprint density at radius 3 is 2.57 bits per heavy atom. The summed E-state index contributed by atoms with van der Waals surface area (Å²) in [4.78, 5) is 17.8. The summed E-state index contributed by atoms with van der Waals surface area (Å²) in [5.41, 5.74) is 2.44. The molecule has 2 aromatic carbocycles. The largest absolute Gasteiger partial charge is 0.356 e. The van der Waals surface area contributed by atoms with Gasteiger partial charge in [-0.05, 0) is 42.2 Å². The number of nitrogens with zero attached hydrogens (tertiary/aromatic N) is 2. The minimum absolute atomic E-state index is 0.174. The van der Waals surface area contributed by atoms with Gasteiger partial charge in [0.1, 0.15) is 11.6 Å². The number of halogens is 2. The number of nitrogens with one attached hydrogen (secondary N) is 2. The van der Waals surface area contributed by atoms with Crippen LogP contribution in [0.15, 0.2) is 47.5 Å². The molecular weight excluding hydrogens is 362 g/mol. The van der Waals surface area contributed by atoms with Gasteiger partial charge >= 0.3 is 0 Å². The fourth-order valence-electron chi connectivity index (χ4n) is 3.16. The van der Waals surface area contributed by atoms with Gasteiger partial charge in [-0.15, -0.1) is 0 Å². The third-order valence-corrected chi connectivity index (χ3v) is 4.71. The van der Waals surface area contributed by atoms with Gasteiger partial charge in [0, 0.05) is 44.9 Å². The fraction of sp³-hybridized carbons (Fsp3) is 0.333. The van der Waals surface area contributed by atoms with Gasteiger partial charge in [0.15, 0.2) is 5.96 Å². The van der Waals surface area contributed by atoms with Gasteiger partial charge in [0.05, 0.1) is 0 Å². The molecule has 5 nitrogen and oxygen atoms in total. The van der Waals surface area contributed by atoms with Crippen molar-refractivity contribution in [3.05, 3.63) is 65.2 Å². The lowest BCUT2D eigenvalue weighted by Crippen LogP contribution is -2.37. The van der Waals surface area contributed by atoms with E-state index in [-0.39, 0.29) is 5.91 Å². The first-order valence-electron chi connectivity index (χ1n) is 9.34. The van der Waals surface area contributed by atoms with Crippen LogP contribution in [0.1, 0.15) is 24.0 Å². The normalized spacial score (nSPS) is 14.5. The molecule has 148 valence electrons. The zero-order valence-electron chi connectivity index (χ0n) is 15.8. The molecule has 1 heterocycles. The Hall–Kier alpha value is -2.96. The van der Waals surface area contributed by atoms with E-state index in [1.165, 1.54) is 12.1 Å². The maximum atomic E-state index is 13.7. The molecule has 28 heavy (non-hydrogen) atoms. The second kappa shape index (κ2) is 9.30. The number of aliphatic imine (C=N–C) groups is 1. The lowest BCUT2D eigenvalue weighted by molar-refractivity contribution is -0.117. The lowest BCUT2D eigenvalue weighted by atomic mass is 10.1. The first-order chi connectivity index (χ1) is 13.6. The smallest absolute Gasteiger partial charge is 0.227 e. The predicted octanol–water partition coefficient (Wildman–Crippen LogP) is 3.00. The van der Waals surface area contributed by atoms with E-state index < -0.39 is 11.6 Å². The molecule has 1 fully saturated rings. The summed E-state index contributed by atoms with van der Waals surface area (Å²) in [6.07, 6.45) is 1.95. The van der Waals surface area contributed by atoms with Crippen LogP contribution in [0.3, 0.4) is 0 Å². The van der Waals surface area contributed by atoms with E-state index in [0.717, 1.165) is 30.3 Å². The SMILES string of the molecule is CN=C(NCCc1ccc(F)cc1F)NCc1ccc(N2CCCC2=O)cc1. The Labute approximate surface area is 163 Å². The molecular formula is C21H24F2N4O. The molecule has 1 aliphatic heterocycles. The van der Waals surface area contributed by atoms with Crippen molar-refractivity contribution in [2.75, 3.05) is 25.0 Å². The van der Waals surface area contributed by atoms with E-state index in [4.69, 9.17) is 0 Å². The Bertz CT molecular complexity index is 852. The van der Waals surface area contributed by atoms with Gasteiger partial charge in [-0.3, -0.25) is 9.79 Å². The first-order valence-corrected chi connectivity index (χ1v) is 9.34. The van der Waals surface area contributed by atoms with Crippen LogP contribution < -0.4 is 15.5 Å². The monoisotopic (exact) mass is 386 g/mol. The van der Waals surface area contributed by atoms with Crippen LogP contribution in [0, 0.1) is 11.6 Å². The van der Waals surface area contributed by atoms with E-state index in [2.05, 4.69) is 15.6 Å². The van der Waals surface area contributed by atoms with Crippen LogP contribution in [0.25, 0.3) is 0 Å². The predicted molar refractivity (Wildman–Crippen MR) is 106 cm³/mol. The average Bonchev–Trinajstić information content (AvgIpc) is 3.12. The van der Waals surface area contributed by atoms with E-state index in [1.807, 2.05) is 29.2 Å². The van der Waals surface area contributed by atoms with E-state index in [1.54, 1.807) is 7.05 Å². The minimum Gasteiger partial charge on any atom is -0.356 e. The summed E-state index contributed by atoms with van der Waals surface area (Å²) < 4.78 is 26.6. The molecule has 0 radical (unpaired) electrons. The Balaban J connectivity index is 1.46. The van der Waals surface area contributed by atoms with E-state index in [9.17, 15) is 13.6 Å². The first kappa shape index (κ1) is 19.8. The van der Waals surface area contributed by atoms with Gasteiger partial charge in [-0.25, -0.2) is 8.78 Å². The second-order valence-corrected chi connectivity index (χ2v) is 6.65. The lowest BCUT2D eigenvalue weighted by Gasteiger charge is -2.16. The Kier molecular flexibility index (Phi) is 6.57. The number of hydrogen-bond acceptors (Lipinski definition) is 2.